The summed E-state index contributed by atoms with van der Waals surface area (Å²) in [6.07, 6.45) is 0. The van der Waals surface area contributed by atoms with Gasteiger partial charge in [0.2, 0.25) is 0 Å². The number of carbonyl (C=O) groups is 2. The van der Waals surface area contributed by atoms with Crippen LogP contribution in [-0.2, 0) is 4.79 Å². The summed E-state index contributed by atoms with van der Waals surface area (Å²) in [5.74, 6) is 0.629. The molecule has 7 heteroatoms. The SMILES string of the molecule is Cl.NC(=O)c1ccccc1OC(=O)C1CSCN1. The Morgan fingerprint density at radius 1 is 1.39 bits per heavy atom. The Balaban J connectivity index is 0.00000162. The Labute approximate surface area is 115 Å². The van der Waals surface area contributed by atoms with E-state index in [1.807, 2.05) is 0 Å². The van der Waals surface area contributed by atoms with Crippen molar-refractivity contribution in [1.82, 2.24) is 5.32 Å². The number of carbonyl (C=O) groups excluding carboxylic acids is 2. The molecular weight excluding hydrogens is 276 g/mol. The van der Waals surface area contributed by atoms with E-state index in [1.54, 1.807) is 30.0 Å². The molecule has 5 nitrogen and oxygen atoms in total. The zero-order valence-corrected chi connectivity index (χ0v) is 11.1. The maximum absolute atomic E-state index is 11.7. The highest BCUT2D eigenvalue weighted by Gasteiger charge is 2.25. The molecule has 1 saturated heterocycles. The standard InChI is InChI=1S/C11H12N2O3S.ClH/c12-10(14)7-3-1-2-4-9(7)16-11(15)8-5-17-6-13-8;/h1-4,8,13H,5-6H2,(H2,12,14);1H. The number of para-hydroxylation sites is 1. The van der Waals surface area contributed by atoms with E-state index < -0.39 is 5.91 Å². The van der Waals surface area contributed by atoms with Crippen LogP contribution in [0.15, 0.2) is 24.3 Å². The zero-order chi connectivity index (χ0) is 12.3. The van der Waals surface area contributed by atoms with Gasteiger partial charge in [0, 0.05) is 11.6 Å². The normalized spacial score (nSPS) is 17.9. The van der Waals surface area contributed by atoms with Crippen LogP contribution in [0.25, 0.3) is 0 Å². The van der Waals surface area contributed by atoms with Crippen LogP contribution in [0.5, 0.6) is 5.75 Å². The Morgan fingerprint density at radius 2 is 2.11 bits per heavy atom. The van der Waals surface area contributed by atoms with Gasteiger partial charge >= 0.3 is 5.97 Å². The number of ether oxygens (including phenoxy) is 1. The van der Waals surface area contributed by atoms with Gasteiger partial charge in [0.05, 0.1) is 5.56 Å². The monoisotopic (exact) mass is 288 g/mol. The molecule has 1 fully saturated rings. The third-order valence-electron chi connectivity index (χ3n) is 2.36. The number of halogens is 1. The molecular formula is C11H13ClN2O3S. The fraction of sp³-hybridized carbons (Fsp3) is 0.273. The van der Waals surface area contributed by atoms with Crippen molar-refractivity contribution in [1.29, 1.82) is 0 Å². The third kappa shape index (κ3) is 3.38. The Morgan fingerprint density at radius 3 is 2.72 bits per heavy atom. The van der Waals surface area contributed by atoms with E-state index >= 15 is 0 Å². The second-order valence-corrected chi connectivity index (χ2v) is 4.58. The summed E-state index contributed by atoms with van der Waals surface area (Å²) in [7, 11) is 0. The minimum atomic E-state index is -0.609. The van der Waals surface area contributed by atoms with Crippen LogP contribution < -0.4 is 15.8 Å². The van der Waals surface area contributed by atoms with Crippen molar-refractivity contribution in [3.8, 4) is 5.75 Å². The van der Waals surface area contributed by atoms with Crippen molar-refractivity contribution in [2.24, 2.45) is 5.73 Å². The Kier molecular flexibility index (Phi) is 5.46. The first-order chi connectivity index (χ1) is 8.18. The molecule has 1 aliphatic rings. The summed E-state index contributed by atoms with van der Waals surface area (Å²) < 4.78 is 5.18. The summed E-state index contributed by atoms with van der Waals surface area (Å²) in [5, 5.41) is 3.00. The van der Waals surface area contributed by atoms with Gasteiger partial charge < -0.3 is 10.5 Å². The fourth-order valence-electron chi connectivity index (χ4n) is 1.49. The molecule has 1 aromatic carbocycles. The van der Waals surface area contributed by atoms with Crippen molar-refractivity contribution >= 4 is 36.0 Å². The van der Waals surface area contributed by atoms with Gasteiger partial charge in [0.1, 0.15) is 11.8 Å². The molecule has 18 heavy (non-hydrogen) atoms. The number of amides is 1. The molecule has 98 valence electrons. The summed E-state index contributed by atoms with van der Waals surface area (Å²) in [6.45, 7) is 0. The molecule has 3 N–H and O–H groups in total. The third-order valence-corrected chi connectivity index (χ3v) is 3.30. The number of rotatable bonds is 3. The number of nitrogens with two attached hydrogens (primary N) is 1. The van der Waals surface area contributed by atoms with Crippen molar-refractivity contribution in [2.75, 3.05) is 11.6 Å². The van der Waals surface area contributed by atoms with Crippen molar-refractivity contribution in [2.45, 2.75) is 6.04 Å². The lowest BCUT2D eigenvalue weighted by Crippen LogP contribution is -2.36. The number of nitrogens with one attached hydrogen (secondary N) is 1. The second kappa shape index (κ2) is 6.63. The van der Waals surface area contributed by atoms with Gasteiger partial charge in [-0.15, -0.1) is 24.2 Å². The smallest absolute Gasteiger partial charge is 0.329 e. The van der Waals surface area contributed by atoms with Crippen LogP contribution in [0, 0.1) is 0 Å². The molecule has 1 atom stereocenters. The Bertz CT molecular complexity index is 450. The van der Waals surface area contributed by atoms with E-state index in [1.165, 1.54) is 6.07 Å². The maximum Gasteiger partial charge on any atom is 0.329 e. The Hall–Kier alpha value is -1.24. The van der Waals surface area contributed by atoms with E-state index in [4.69, 9.17) is 10.5 Å². The van der Waals surface area contributed by atoms with Gasteiger partial charge in [-0.1, -0.05) is 12.1 Å². The summed E-state index contributed by atoms with van der Waals surface area (Å²) in [6, 6.07) is 6.12. The quantitative estimate of drug-likeness (QED) is 0.634. The minimum absolute atomic E-state index is 0. The number of hydrogen-bond acceptors (Lipinski definition) is 5. The first-order valence-electron chi connectivity index (χ1n) is 5.10. The molecule has 0 spiro atoms. The number of hydrogen-bond donors (Lipinski definition) is 2. The zero-order valence-electron chi connectivity index (χ0n) is 9.42. The average molecular weight is 289 g/mol. The molecule has 1 heterocycles. The number of primary amides is 1. The van der Waals surface area contributed by atoms with E-state index in [-0.39, 0.29) is 35.7 Å². The van der Waals surface area contributed by atoms with Gasteiger partial charge in [-0.2, -0.15) is 0 Å². The number of thioether (sulfide) groups is 1. The lowest BCUT2D eigenvalue weighted by Gasteiger charge is -2.11. The highest BCUT2D eigenvalue weighted by molar-refractivity contribution is 7.99. The summed E-state index contributed by atoms with van der Waals surface area (Å²) in [5.41, 5.74) is 5.41. The number of esters is 1. The van der Waals surface area contributed by atoms with Crippen molar-refractivity contribution < 1.29 is 14.3 Å². The van der Waals surface area contributed by atoms with Gasteiger partial charge in [-0.3, -0.25) is 10.1 Å². The molecule has 1 unspecified atom stereocenters. The fourth-order valence-corrected chi connectivity index (χ4v) is 2.41. The second-order valence-electron chi connectivity index (χ2n) is 3.55. The van der Waals surface area contributed by atoms with Crippen LogP contribution in [0.3, 0.4) is 0 Å². The van der Waals surface area contributed by atoms with Crippen LogP contribution in [-0.4, -0.2) is 29.5 Å². The molecule has 0 aliphatic carbocycles. The molecule has 0 aromatic heterocycles. The number of benzene rings is 1. The molecule has 0 saturated carbocycles. The molecule has 0 radical (unpaired) electrons. The lowest BCUT2D eigenvalue weighted by atomic mass is 10.2. The minimum Gasteiger partial charge on any atom is -0.424 e. The highest BCUT2D eigenvalue weighted by Crippen LogP contribution is 2.19. The molecule has 0 bridgehead atoms. The molecule has 1 aromatic rings. The summed E-state index contributed by atoms with van der Waals surface area (Å²) >= 11 is 1.63. The maximum atomic E-state index is 11.7. The topological polar surface area (TPSA) is 81.4 Å². The van der Waals surface area contributed by atoms with Crippen molar-refractivity contribution in [3.63, 3.8) is 0 Å². The van der Waals surface area contributed by atoms with E-state index in [0.717, 1.165) is 5.88 Å². The van der Waals surface area contributed by atoms with E-state index in [2.05, 4.69) is 5.32 Å². The predicted octanol–water partition coefficient (Wildman–Crippen LogP) is 0.775. The van der Waals surface area contributed by atoms with Crippen LogP contribution in [0.1, 0.15) is 10.4 Å². The van der Waals surface area contributed by atoms with Crippen LogP contribution in [0.4, 0.5) is 0 Å². The molecule has 1 aliphatic heterocycles. The van der Waals surface area contributed by atoms with E-state index in [9.17, 15) is 9.59 Å². The first kappa shape index (κ1) is 14.8. The van der Waals surface area contributed by atoms with Gasteiger partial charge in [0.25, 0.3) is 5.91 Å². The largest absolute Gasteiger partial charge is 0.424 e. The van der Waals surface area contributed by atoms with Gasteiger partial charge in [-0.05, 0) is 12.1 Å². The average Bonchev–Trinajstić information content (AvgIpc) is 2.83. The predicted molar refractivity (Wildman–Crippen MR) is 72.1 cm³/mol. The van der Waals surface area contributed by atoms with Crippen LogP contribution in [0.2, 0.25) is 0 Å². The molecule has 1 amide bonds. The first-order valence-corrected chi connectivity index (χ1v) is 6.25. The van der Waals surface area contributed by atoms with Crippen LogP contribution >= 0.6 is 24.2 Å². The summed E-state index contributed by atoms with van der Waals surface area (Å²) in [4.78, 5) is 22.9. The lowest BCUT2D eigenvalue weighted by molar-refractivity contribution is -0.135. The molecule has 2 rings (SSSR count). The van der Waals surface area contributed by atoms with Gasteiger partial charge in [0.15, 0.2) is 0 Å². The van der Waals surface area contributed by atoms with Gasteiger partial charge in [-0.25, -0.2) is 4.79 Å². The van der Waals surface area contributed by atoms with E-state index in [0.29, 0.717) is 5.75 Å². The highest BCUT2D eigenvalue weighted by atomic mass is 35.5. The van der Waals surface area contributed by atoms with Crippen molar-refractivity contribution in [3.05, 3.63) is 29.8 Å².